The highest BCUT2D eigenvalue weighted by Crippen LogP contribution is 2.47. The molecule has 2 amide bonds. The number of hydroxylamine groups is 1. The molecule has 38 heavy (non-hydrogen) atoms. The number of alkyl halides is 3. The number of aliphatic hydroxyl groups excluding tert-OH is 1. The van der Waals surface area contributed by atoms with Gasteiger partial charge in [0.15, 0.2) is 6.10 Å². The molecule has 6 fully saturated rings. The summed E-state index contributed by atoms with van der Waals surface area (Å²) in [5.74, 6) is 0.177. The predicted octanol–water partition coefficient (Wildman–Crippen LogP) is 3.40. The van der Waals surface area contributed by atoms with Crippen LogP contribution in [0.2, 0.25) is 0 Å². The summed E-state index contributed by atoms with van der Waals surface area (Å²) >= 11 is 12.2. The van der Waals surface area contributed by atoms with E-state index in [0.29, 0.717) is 62.7 Å². The van der Waals surface area contributed by atoms with Crippen LogP contribution in [-0.2, 0) is 19.2 Å². The molecule has 6 aliphatic rings. The van der Waals surface area contributed by atoms with Gasteiger partial charge in [0, 0.05) is 29.8 Å². The molecule has 0 aromatic heterocycles. The molecular formula is C27H42Cl2FN3O5. The topological polar surface area (TPSA) is 109 Å². The van der Waals surface area contributed by atoms with Gasteiger partial charge in [0.1, 0.15) is 12.8 Å². The second-order valence-corrected chi connectivity index (χ2v) is 13.7. The van der Waals surface area contributed by atoms with Gasteiger partial charge in [-0.15, -0.1) is 23.2 Å². The fraction of sp³-hybridized carbons (Fsp3) is 0.926. The van der Waals surface area contributed by atoms with E-state index in [1.165, 1.54) is 0 Å². The average molecular weight is 579 g/mol. The zero-order chi connectivity index (χ0) is 26.9. The SMILES string of the molecule is O=C(COC1CCC(Cl)C(F)C1)NC12CCC(NC(=O)C3CC(CC4CCC(Cl)CC4)NO3)(CC1)CC2O. The summed E-state index contributed by atoms with van der Waals surface area (Å²) in [6.45, 7) is -0.165. The van der Waals surface area contributed by atoms with E-state index in [4.69, 9.17) is 32.8 Å². The van der Waals surface area contributed by atoms with Crippen LogP contribution in [-0.4, -0.2) is 75.9 Å². The lowest BCUT2D eigenvalue weighted by Gasteiger charge is -2.56. The highest BCUT2D eigenvalue weighted by molar-refractivity contribution is 6.21. The van der Waals surface area contributed by atoms with Crippen molar-refractivity contribution >= 4 is 35.0 Å². The van der Waals surface area contributed by atoms with Crippen LogP contribution in [0.15, 0.2) is 0 Å². The Morgan fingerprint density at radius 3 is 2.45 bits per heavy atom. The largest absolute Gasteiger partial charge is 0.391 e. The highest BCUT2D eigenvalue weighted by atomic mass is 35.5. The molecule has 216 valence electrons. The lowest BCUT2D eigenvalue weighted by Crippen LogP contribution is -2.70. The van der Waals surface area contributed by atoms with Crippen LogP contribution in [0.25, 0.3) is 0 Å². The minimum atomic E-state index is -1.12. The molecule has 6 atom stereocenters. The molecule has 1 heterocycles. The van der Waals surface area contributed by atoms with Gasteiger partial charge in [-0.1, -0.05) is 0 Å². The van der Waals surface area contributed by atoms with E-state index in [1.54, 1.807) is 0 Å². The van der Waals surface area contributed by atoms with Gasteiger partial charge in [-0.2, -0.15) is 5.48 Å². The maximum Gasteiger partial charge on any atom is 0.251 e. The molecule has 2 bridgehead atoms. The van der Waals surface area contributed by atoms with E-state index in [9.17, 15) is 19.1 Å². The van der Waals surface area contributed by atoms with E-state index in [2.05, 4.69) is 16.1 Å². The summed E-state index contributed by atoms with van der Waals surface area (Å²) in [6.07, 6.45) is 7.47. The van der Waals surface area contributed by atoms with Crippen LogP contribution in [0.4, 0.5) is 4.39 Å². The van der Waals surface area contributed by atoms with Crippen LogP contribution < -0.4 is 16.1 Å². The van der Waals surface area contributed by atoms with Gasteiger partial charge >= 0.3 is 0 Å². The standard InChI is InChI=1S/C27H42Cl2FN3O5/c28-17-3-1-16(2-4-17)11-18-12-22(38-33-18)25(36)32-26-7-9-27(10-8-26,23(34)14-26)31-24(35)15-37-19-5-6-20(29)21(30)13-19/h16-23,33-34H,1-15H2,(H,31,35)(H,32,36). The van der Waals surface area contributed by atoms with Crippen molar-refractivity contribution < 1.29 is 28.7 Å². The number of ether oxygens (including phenoxy) is 1. The Kier molecular flexibility index (Phi) is 9.12. The third-order valence-corrected chi connectivity index (χ3v) is 10.7. The maximum atomic E-state index is 13.9. The van der Waals surface area contributed by atoms with Crippen LogP contribution >= 0.6 is 23.2 Å². The van der Waals surface area contributed by atoms with E-state index < -0.39 is 34.8 Å². The van der Waals surface area contributed by atoms with Gasteiger partial charge in [0.2, 0.25) is 5.91 Å². The van der Waals surface area contributed by atoms with Gasteiger partial charge in [-0.25, -0.2) is 4.39 Å². The number of aliphatic hydroxyl groups is 1. The molecule has 0 aromatic carbocycles. The minimum absolute atomic E-state index is 0.138. The van der Waals surface area contributed by atoms with Crippen molar-refractivity contribution in [3.63, 3.8) is 0 Å². The smallest absolute Gasteiger partial charge is 0.251 e. The van der Waals surface area contributed by atoms with Crippen molar-refractivity contribution in [3.8, 4) is 0 Å². The third kappa shape index (κ3) is 6.60. The van der Waals surface area contributed by atoms with E-state index >= 15 is 0 Å². The Labute approximate surface area is 234 Å². The Balaban J connectivity index is 1.06. The van der Waals surface area contributed by atoms with Crippen LogP contribution in [0, 0.1) is 5.92 Å². The second-order valence-electron chi connectivity index (χ2n) is 12.5. The first kappa shape index (κ1) is 28.8. The summed E-state index contributed by atoms with van der Waals surface area (Å²) in [4.78, 5) is 31.5. The second kappa shape index (κ2) is 12.0. The van der Waals surface area contributed by atoms with Gasteiger partial charge < -0.3 is 20.5 Å². The number of carbonyl (C=O) groups is 2. The van der Waals surface area contributed by atoms with E-state index in [1.807, 2.05) is 0 Å². The maximum absolute atomic E-state index is 13.9. The molecule has 11 heteroatoms. The minimum Gasteiger partial charge on any atom is -0.391 e. The highest BCUT2D eigenvalue weighted by Gasteiger charge is 2.55. The lowest BCUT2D eigenvalue weighted by molar-refractivity contribution is -0.144. The van der Waals surface area contributed by atoms with E-state index in [-0.39, 0.29) is 37.0 Å². The summed E-state index contributed by atoms with van der Waals surface area (Å²) in [5.41, 5.74) is 1.86. The van der Waals surface area contributed by atoms with Crippen molar-refractivity contribution in [1.29, 1.82) is 0 Å². The molecule has 1 aliphatic heterocycles. The first-order valence-electron chi connectivity index (χ1n) is 14.4. The zero-order valence-electron chi connectivity index (χ0n) is 21.9. The van der Waals surface area contributed by atoms with Crippen molar-refractivity contribution in [3.05, 3.63) is 0 Å². The molecular weight excluding hydrogens is 536 g/mol. The fourth-order valence-corrected chi connectivity index (χ4v) is 7.78. The molecule has 6 unspecified atom stereocenters. The Morgan fingerprint density at radius 2 is 1.76 bits per heavy atom. The molecule has 0 aromatic rings. The zero-order valence-corrected chi connectivity index (χ0v) is 23.5. The number of carbonyl (C=O) groups excluding carboxylic acids is 2. The quantitative estimate of drug-likeness (QED) is 0.329. The molecule has 1 saturated heterocycles. The molecule has 5 saturated carbocycles. The normalized spacial score (nSPS) is 45.1. The van der Waals surface area contributed by atoms with E-state index in [0.717, 1.165) is 32.1 Å². The molecule has 0 radical (unpaired) electrons. The Bertz CT molecular complexity index is 853. The van der Waals surface area contributed by atoms with Gasteiger partial charge in [0.05, 0.1) is 23.1 Å². The average Bonchev–Trinajstić information content (AvgIpc) is 3.36. The lowest BCUT2D eigenvalue weighted by atomic mass is 9.59. The fourth-order valence-electron chi connectivity index (χ4n) is 7.30. The summed E-state index contributed by atoms with van der Waals surface area (Å²) in [5, 5.41) is 17.1. The van der Waals surface area contributed by atoms with Gasteiger partial charge in [0.25, 0.3) is 5.91 Å². The number of halogens is 3. The predicted molar refractivity (Wildman–Crippen MR) is 142 cm³/mol. The first-order chi connectivity index (χ1) is 18.2. The molecule has 4 N–H and O–H groups in total. The van der Waals surface area contributed by atoms with Crippen LogP contribution in [0.5, 0.6) is 0 Å². The van der Waals surface area contributed by atoms with Crippen LogP contribution in [0.3, 0.4) is 0 Å². The number of rotatable bonds is 8. The summed E-state index contributed by atoms with van der Waals surface area (Å²) < 4.78 is 19.5. The Morgan fingerprint density at radius 1 is 1.03 bits per heavy atom. The van der Waals surface area contributed by atoms with Gasteiger partial charge in [-0.3, -0.25) is 14.4 Å². The van der Waals surface area contributed by atoms with Crippen molar-refractivity contribution in [2.24, 2.45) is 5.92 Å². The Hall–Kier alpha value is -0.710. The monoisotopic (exact) mass is 577 g/mol. The number of fused-ring (bicyclic) bond motifs is 3. The number of hydrogen-bond donors (Lipinski definition) is 4. The number of nitrogens with one attached hydrogen (secondary N) is 3. The molecule has 5 aliphatic carbocycles. The summed E-state index contributed by atoms with van der Waals surface area (Å²) in [7, 11) is 0. The van der Waals surface area contributed by atoms with Gasteiger partial charge in [-0.05, 0) is 83.0 Å². The van der Waals surface area contributed by atoms with Crippen LogP contribution in [0.1, 0.15) is 89.9 Å². The summed E-state index contributed by atoms with van der Waals surface area (Å²) in [6, 6.07) is 0.161. The first-order valence-corrected chi connectivity index (χ1v) is 15.3. The van der Waals surface area contributed by atoms with Crippen molar-refractivity contribution in [2.75, 3.05) is 6.61 Å². The molecule has 6 rings (SSSR count). The molecule has 0 spiro atoms. The third-order valence-electron chi connectivity index (χ3n) is 9.76. The molecule has 8 nitrogen and oxygen atoms in total. The number of hydrogen-bond acceptors (Lipinski definition) is 6. The van der Waals surface area contributed by atoms with Crippen molar-refractivity contribution in [2.45, 2.75) is 142 Å². The van der Waals surface area contributed by atoms with Crippen molar-refractivity contribution in [1.82, 2.24) is 16.1 Å². The number of amides is 2.